The zero-order valence-electron chi connectivity index (χ0n) is 10.9. The van der Waals surface area contributed by atoms with Gasteiger partial charge in [-0.3, -0.25) is 14.9 Å². The maximum Gasteiger partial charge on any atom is 0.306 e. The van der Waals surface area contributed by atoms with E-state index in [-0.39, 0.29) is 17.1 Å². The van der Waals surface area contributed by atoms with Gasteiger partial charge in [-0.05, 0) is 30.4 Å². The summed E-state index contributed by atoms with van der Waals surface area (Å²) in [4.78, 5) is 22.4. The van der Waals surface area contributed by atoms with Crippen molar-refractivity contribution in [3.05, 3.63) is 33.3 Å². The highest BCUT2D eigenvalue weighted by Gasteiger charge is 2.44. The first kappa shape index (κ1) is 15.1. The minimum Gasteiger partial charge on any atom is -0.469 e. The summed E-state index contributed by atoms with van der Waals surface area (Å²) in [6.07, 6.45) is 2.26. The number of esters is 1. The molecule has 0 atom stereocenters. The van der Waals surface area contributed by atoms with E-state index in [4.69, 9.17) is 11.6 Å². The molecule has 1 aliphatic carbocycles. The Morgan fingerprint density at radius 3 is 2.80 bits per heavy atom. The predicted molar refractivity (Wildman–Crippen MR) is 77.1 cm³/mol. The molecule has 1 aromatic carbocycles. The van der Waals surface area contributed by atoms with Gasteiger partial charge in [-0.1, -0.05) is 11.6 Å². The van der Waals surface area contributed by atoms with Crippen molar-refractivity contribution in [2.45, 2.75) is 24.2 Å². The number of nitrogens with zero attached hydrogens (tertiary/aromatic N) is 1. The van der Waals surface area contributed by atoms with Gasteiger partial charge in [0.25, 0.3) is 5.69 Å². The van der Waals surface area contributed by atoms with Gasteiger partial charge in [0, 0.05) is 16.8 Å². The molecule has 0 bridgehead atoms. The van der Waals surface area contributed by atoms with Crippen molar-refractivity contribution in [3.63, 3.8) is 0 Å². The molecule has 0 spiro atoms. The highest BCUT2D eigenvalue weighted by molar-refractivity contribution is 7.99. The molecule has 0 saturated heterocycles. The number of nitro benzene ring substituents is 1. The van der Waals surface area contributed by atoms with E-state index in [9.17, 15) is 14.9 Å². The molecule has 0 aliphatic heterocycles. The Hall–Kier alpha value is -1.27. The van der Waals surface area contributed by atoms with Crippen LogP contribution in [0.3, 0.4) is 0 Å². The van der Waals surface area contributed by atoms with Crippen molar-refractivity contribution in [1.29, 1.82) is 0 Å². The van der Waals surface area contributed by atoms with E-state index in [0.717, 1.165) is 12.8 Å². The highest BCUT2D eigenvalue weighted by atomic mass is 35.5. The molecule has 1 aliphatic rings. The van der Waals surface area contributed by atoms with Gasteiger partial charge in [0.2, 0.25) is 0 Å². The summed E-state index contributed by atoms with van der Waals surface area (Å²) < 4.78 is 4.68. The first-order valence-corrected chi connectivity index (χ1v) is 7.46. The molecule has 2 rings (SSSR count). The zero-order chi connectivity index (χ0) is 14.8. The van der Waals surface area contributed by atoms with E-state index in [2.05, 4.69) is 4.74 Å². The number of hydrogen-bond acceptors (Lipinski definition) is 5. The summed E-state index contributed by atoms with van der Waals surface area (Å²) in [5.74, 6) is 0.423. The standard InChI is InChI=1S/C13H14ClNO4S/c1-19-12(16)7-13(4-5-13)8-20-11-6-9(14)2-3-10(11)15(17)18/h2-3,6H,4-5,7-8H2,1H3. The van der Waals surface area contributed by atoms with Crippen LogP contribution < -0.4 is 0 Å². The molecule has 0 aromatic heterocycles. The summed E-state index contributed by atoms with van der Waals surface area (Å²) in [6.45, 7) is 0. The fourth-order valence-corrected chi connectivity index (χ4v) is 3.50. The molecule has 1 fully saturated rings. The molecule has 108 valence electrons. The van der Waals surface area contributed by atoms with Crippen LogP contribution in [0, 0.1) is 15.5 Å². The van der Waals surface area contributed by atoms with Crippen LogP contribution in [-0.4, -0.2) is 23.8 Å². The van der Waals surface area contributed by atoms with Crippen LogP contribution in [0.1, 0.15) is 19.3 Å². The summed E-state index contributed by atoms with van der Waals surface area (Å²) in [5, 5.41) is 11.4. The first-order chi connectivity index (χ1) is 9.46. The van der Waals surface area contributed by atoms with Gasteiger partial charge in [0.05, 0.1) is 23.3 Å². The number of carbonyl (C=O) groups is 1. The number of rotatable bonds is 6. The van der Waals surface area contributed by atoms with Crippen LogP contribution in [0.25, 0.3) is 0 Å². The van der Waals surface area contributed by atoms with Gasteiger partial charge >= 0.3 is 5.97 Å². The Bertz CT molecular complexity index is 545. The van der Waals surface area contributed by atoms with Crippen molar-refractivity contribution in [3.8, 4) is 0 Å². The van der Waals surface area contributed by atoms with Gasteiger partial charge in [-0.2, -0.15) is 0 Å². The predicted octanol–water partition coefficient (Wildman–Crippen LogP) is 3.68. The fourth-order valence-electron chi connectivity index (χ4n) is 1.91. The molecule has 0 amide bonds. The van der Waals surface area contributed by atoms with Crippen LogP contribution in [0.4, 0.5) is 5.69 Å². The van der Waals surface area contributed by atoms with Crippen molar-refractivity contribution in [2.24, 2.45) is 5.41 Å². The second-order valence-corrected chi connectivity index (χ2v) is 6.36. The summed E-state index contributed by atoms with van der Waals surface area (Å²) in [6, 6.07) is 4.51. The van der Waals surface area contributed by atoms with E-state index in [1.807, 2.05) is 0 Å². The number of thioether (sulfide) groups is 1. The van der Waals surface area contributed by atoms with Crippen LogP contribution in [0.5, 0.6) is 0 Å². The van der Waals surface area contributed by atoms with Crippen LogP contribution in [0.15, 0.2) is 23.1 Å². The Kier molecular flexibility index (Phi) is 4.55. The monoisotopic (exact) mass is 315 g/mol. The largest absolute Gasteiger partial charge is 0.469 e. The minimum absolute atomic E-state index is 0.0493. The van der Waals surface area contributed by atoms with E-state index < -0.39 is 4.92 Å². The molecule has 1 aromatic rings. The quantitative estimate of drug-likeness (QED) is 0.346. The molecular formula is C13H14ClNO4S. The first-order valence-electron chi connectivity index (χ1n) is 6.09. The average molecular weight is 316 g/mol. The zero-order valence-corrected chi connectivity index (χ0v) is 12.5. The van der Waals surface area contributed by atoms with Crippen molar-refractivity contribution in [1.82, 2.24) is 0 Å². The van der Waals surface area contributed by atoms with Crippen molar-refractivity contribution >= 4 is 35.0 Å². The molecule has 5 nitrogen and oxygen atoms in total. The van der Waals surface area contributed by atoms with Crippen LogP contribution in [0.2, 0.25) is 5.02 Å². The lowest BCUT2D eigenvalue weighted by atomic mass is 10.1. The number of carbonyl (C=O) groups excluding carboxylic acids is 1. The van der Waals surface area contributed by atoms with Crippen LogP contribution >= 0.6 is 23.4 Å². The number of halogens is 1. The Morgan fingerprint density at radius 2 is 2.25 bits per heavy atom. The van der Waals surface area contributed by atoms with Gasteiger partial charge in [0.15, 0.2) is 0 Å². The van der Waals surface area contributed by atoms with Crippen molar-refractivity contribution < 1.29 is 14.5 Å². The third kappa shape index (κ3) is 3.64. The van der Waals surface area contributed by atoms with Gasteiger partial charge < -0.3 is 4.74 Å². The second-order valence-electron chi connectivity index (χ2n) is 4.91. The van der Waals surface area contributed by atoms with Crippen molar-refractivity contribution in [2.75, 3.05) is 12.9 Å². The molecule has 1 saturated carbocycles. The molecular weight excluding hydrogens is 302 g/mol. The SMILES string of the molecule is COC(=O)CC1(CSc2cc(Cl)ccc2[N+](=O)[O-])CC1. The normalized spacial score (nSPS) is 15.7. The Morgan fingerprint density at radius 1 is 1.55 bits per heavy atom. The summed E-state index contributed by atoms with van der Waals surface area (Å²) in [5.41, 5.74) is -0.0261. The molecule has 0 N–H and O–H groups in total. The van der Waals surface area contributed by atoms with E-state index in [0.29, 0.717) is 22.1 Å². The second kappa shape index (κ2) is 6.01. The molecule has 20 heavy (non-hydrogen) atoms. The summed E-state index contributed by atoms with van der Waals surface area (Å²) in [7, 11) is 1.37. The molecule has 0 unspecified atom stereocenters. The third-order valence-corrected chi connectivity index (χ3v) is 4.99. The Balaban J connectivity index is 2.06. The highest BCUT2D eigenvalue weighted by Crippen LogP contribution is 2.52. The lowest BCUT2D eigenvalue weighted by Crippen LogP contribution is -2.13. The maximum atomic E-state index is 11.3. The minimum atomic E-state index is -0.418. The van der Waals surface area contributed by atoms with E-state index in [1.165, 1.54) is 31.0 Å². The number of methoxy groups -OCH3 is 1. The van der Waals surface area contributed by atoms with Gasteiger partial charge in [0.1, 0.15) is 0 Å². The lowest BCUT2D eigenvalue weighted by Gasteiger charge is -2.13. The fraction of sp³-hybridized carbons (Fsp3) is 0.462. The number of nitro groups is 1. The number of ether oxygens (including phenoxy) is 1. The number of hydrogen-bond donors (Lipinski definition) is 0. The lowest BCUT2D eigenvalue weighted by molar-refractivity contribution is -0.387. The van der Waals surface area contributed by atoms with Gasteiger partial charge in [-0.15, -0.1) is 11.8 Å². The van der Waals surface area contributed by atoms with Crippen LogP contribution in [-0.2, 0) is 9.53 Å². The average Bonchev–Trinajstić information content (AvgIpc) is 3.16. The third-order valence-electron chi connectivity index (χ3n) is 3.36. The molecule has 0 heterocycles. The Labute approximate surface area is 125 Å². The molecule has 0 radical (unpaired) electrons. The van der Waals surface area contributed by atoms with Gasteiger partial charge in [-0.25, -0.2) is 0 Å². The van der Waals surface area contributed by atoms with E-state index >= 15 is 0 Å². The summed E-state index contributed by atoms with van der Waals surface area (Å²) >= 11 is 7.26. The maximum absolute atomic E-state index is 11.3. The van der Waals surface area contributed by atoms with E-state index in [1.54, 1.807) is 6.07 Å². The topological polar surface area (TPSA) is 69.4 Å². The smallest absolute Gasteiger partial charge is 0.306 e. The molecule has 7 heteroatoms. The number of benzene rings is 1.